The Morgan fingerprint density at radius 3 is 2.39 bits per heavy atom. The summed E-state index contributed by atoms with van der Waals surface area (Å²) in [7, 11) is 0. The van der Waals surface area contributed by atoms with Crippen LogP contribution in [0.4, 0.5) is 17.1 Å². The van der Waals surface area contributed by atoms with Crippen molar-refractivity contribution in [1.29, 1.82) is 0 Å². The smallest absolute Gasteiger partial charge is 0.236 e. The number of nitrogens with one attached hydrogen (secondary N) is 1. The molecule has 0 atom stereocenters. The third kappa shape index (κ3) is 5.12. The molecule has 0 radical (unpaired) electrons. The fourth-order valence-electron chi connectivity index (χ4n) is 3.64. The van der Waals surface area contributed by atoms with Crippen LogP contribution in [-0.4, -0.2) is 31.4 Å². The van der Waals surface area contributed by atoms with E-state index in [2.05, 4.69) is 10.2 Å². The third-order valence-corrected chi connectivity index (χ3v) is 5.11. The van der Waals surface area contributed by atoms with Gasteiger partial charge < -0.3 is 15.1 Å². The Balaban J connectivity index is 1.57. The second kappa shape index (κ2) is 9.40. The van der Waals surface area contributed by atoms with Gasteiger partial charge in [-0.25, -0.2) is 0 Å². The van der Waals surface area contributed by atoms with Crippen molar-refractivity contribution in [3.8, 4) is 0 Å². The summed E-state index contributed by atoms with van der Waals surface area (Å²) in [6.07, 6.45) is 3.59. The SMILES string of the molecule is CCN(C(=O)CC(=O)Nc1ccc(N2CCCCC2)cc1)c1cccc(C)c1. The first kappa shape index (κ1) is 19.9. The summed E-state index contributed by atoms with van der Waals surface area (Å²) < 4.78 is 0. The summed E-state index contributed by atoms with van der Waals surface area (Å²) in [6, 6.07) is 15.6. The van der Waals surface area contributed by atoms with Crippen LogP contribution in [0.25, 0.3) is 0 Å². The molecule has 0 bridgehead atoms. The third-order valence-electron chi connectivity index (χ3n) is 5.11. The largest absolute Gasteiger partial charge is 0.372 e. The van der Waals surface area contributed by atoms with Crippen molar-refractivity contribution < 1.29 is 9.59 Å². The Morgan fingerprint density at radius 1 is 1.04 bits per heavy atom. The first-order valence-corrected chi connectivity index (χ1v) is 10.1. The fraction of sp³-hybridized carbons (Fsp3) is 0.391. The molecule has 0 aromatic heterocycles. The predicted molar refractivity (Wildman–Crippen MR) is 115 cm³/mol. The average molecular weight is 380 g/mol. The molecule has 2 aromatic carbocycles. The number of carbonyl (C=O) groups is 2. The zero-order valence-electron chi connectivity index (χ0n) is 16.8. The molecule has 0 unspecified atom stereocenters. The highest BCUT2D eigenvalue weighted by atomic mass is 16.2. The lowest BCUT2D eigenvalue weighted by Crippen LogP contribution is -2.33. The topological polar surface area (TPSA) is 52.7 Å². The van der Waals surface area contributed by atoms with Crippen molar-refractivity contribution in [3.63, 3.8) is 0 Å². The van der Waals surface area contributed by atoms with E-state index >= 15 is 0 Å². The molecule has 0 aliphatic carbocycles. The number of nitrogens with zero attached hydrogens (tertiary/aromatic N) is 2. The van der Waals surface area contributed by atoms with Crippen LogP contribution in [0, 0.1) is 6.92 Å². The molecule has 5 nitrogen and oxygen atoms in total. The molecule has 1 aliphatic rings. The number of rotatable bonds is 6. The molecule has 28 heavy (non-hydrogen) atoms. The maximum atomic E-state index is 12.6. The molecule has 148 valence electrons. The minimum Gasteiger partial charge on any atom is -0.372 e. The number of piperidine rings is 1. The molecule has 2 aromatic rings. The minimum absolute atomic E-state index is 0.171. The zero-order valence-corrected chi connectivity index (χ0v) is 16.8. The highest BCUT2D eigenvalue weighted by Crippen LogP contribution is 2.22. The number of anilines is 3. The molecular formula is C23H29N3O2. The lowest BCUT2D eigenvalue weighted by molar-refractivity contribution is -0.125. The second-order valence-electron chi connectivity index (χ2n) is 7.30. The maximum Gasteiger partial charge on any atom is 0.236 e. The number of carbonyl (C=O) groups excluding carboxylic acids is 2. The summed E-state index contributed by atoms with van der Waals surface area (Å²) in [5.74, 6) is -0.489. The quantitative estimate of drug-likeness (QED) is 0.759. The van der Waals surface area contributed by atoms with Crippen molar-refractivity contribution in [2.75, 3.05) is 34.8 Å². The van der Waals surface area contributed by atoms with Gasteiger partial charge in [-0.15, -0.1) is 0 Å². The van der Waals surface area contributed by atoms with Gasteiger partial charge in [0.25, 0.3) is 0 Å². The van der Waals surface area contributed by atoms with Gasteiger partial charge in [-0.3, -0.25) is 9.59 Å². The molecule has 1 heterocycles. The van der Waals surface area contributed by atoms with Crippen molar-refractivity contribution in [2.45, 2.75) is 39.5 Å². The molecule has 2 amide bonds. The molecule has 0 spiro atoms. The van der Waals surface area contributed by atoms with Crippen LogP contribution in [0.1, 0.15) is 38.2 Å². The second-order valence-corrected chi connectivity index (χ2v) is 7.30. The summed E-state index contributed by atoms with van der Waals surface area (Å²) in [6.45, 7) is 6.61. The van der Waals surface area contributed by atoms with Crippen LogP contribution >= 0.6 is 0 Å². The van der Waals surface area contributed by atoms with Gasteiger partial charge in [-0.05, 0) is 75.1 Å². The summed E-state index contributed by atoms with van der Waals surface area (Å²) in [5, 5.41) is 2.84. The number of benzene rings is 2. The van der Waals surface area contributed by atoms with Crippen molar-refractivity contribution in [2.24, 2.45) is 0 Å². The Kier molecular flexibility index (Phi) is 6.69. The van der Waals surface area contributed by atoms with Gasteiger partial charge in [0, 0.05) is 36.7 Å². The van der Waals surface area contributed by atoms with E-state index in [0.717, 1.165) is 30.0 Å². The van der Waals surface area contributed by atoms with Crippen LogP contribution < -0.4 is 15.1 Å². The van der Waals surface area contributed by atoms with E-state index in [9.17, 15) is 9.59 Å². The lowest BCUT2D eigenvalue weighted by atomic mass is 10.1. The number of hydrogen-bond acceptors (Lipinski definition) is 3. The zero-order chi connectivity index (χ0) is 19.9. The van der Waals surface area contributed by atoms with Gasteiger partial charge in [-0.1, -0.05) is 12.1 Å². The van der Waals surface area contributed by atoms with E-state index in [0.29, 0.717) is 6.54 Å². The van der Waals surface area contributed by atoms with Crippen molar-refractivity contribution in [1.82, 2.24) is 0 Å². The Hall–Kier alpha value is -2.82. The van der Waals surface area contributed by atoms with Crippen LogP contribution in [0.3, 0.4) is 0 Å². The highest BCUT2D eigenvalue weighted by Gasteiger charge is 2.18. The van der Waals surface area contributed by atoms with Gasteiger partial charge in [0.1, 0.15) is 6.42 Å². The minimum atomic E-state index is -0.290. The fourth-order valence-corrected chi connectivity index (χ4v) is 3.64. The standard InChI is InChI=1S/C23H29N3O2/c1-3-26(21-9-7-8-18(2)16-21)23(28)17-22(27)24-19-10-12-20(13-11-19)25-14-5-4-6-15-25/h7-13,16H,3-6,14-15,17H2,1-2H3,(H,24,27). The molecule has 5 heteroatoms. The van der Waals surface area contributed by atoms with E-state index in [1.54, 1.807) is 4.90 Å². The number of aryl methyl sites for hydroxylation is 1. The molecule has 0 saturated carbocycles. The van der Waals surface area contributed by atoms with Gasteiger partial charge in [0.2, 0.25) is 11.8 Å². The van der Waals surface area contributed by atoms with Crippen molar-refractivity contribution >= 4 is 28.9 Å². The molecule has 1 N–H and O–H groups in total. The number of amides is 2. The number of hydrogen-bond donors (Lipinski definition) is 1. The van der Waals surface area contributed by atoms with Crippen LogP contribution in [0.15, 0.2) is 48.5 Å². The predicted octanol–water partition coefficient (Wildman–Crippen LogP) is 4.37. The Morgan fingerprint density at radius 2 is 1.75 bits per heavy atom. The van der Waals surface area contributed by atoms with Gasteiger partial charge >= 0.3 is 0 Å². The summed E-state index contributed by atoms with van der Waals surface area (Å²) in [4.78, 5) is 29.0. The van der Waals surface area contributed by atoms with E-state index in [-0.39, 0.29) is 18.2 Å². The normalized spacial score (nSPS) is 13.9. The van der Waals surface area contributed by atoms with Crippen LogP contribution in [-0.2, 0) is 9.59 Å². The van der Waals surface area contributed by atoms with E-state index < -0.39 is 0 Å². The van der Waals surface area contributed by atoms with Crippen LogP contribution in [0.5, 0.6) is 0 Å². The Labute approximate surface area is 167 Å². The maximum absolute atomic E-state index is 12.6. The molecule has 1 saturated heterocycles. The van der Waals surface area contributed by atoms with Gasteiger partial charge in [0.15, 0.2) is 0 Å². The average Bonchev–Trinajstić information content (AvgIpc) is 2.70. The van der Waals surface area contributed by atoms with E-state index in [1.807, 2.05) is 62.4 Å². The lowest BCUT2D eigenvalue weighted by Gasteiger charge is -2.28. The summed E-state index contributed by atoms with van der Waals surface area (Å²) in [5.41, 5.74) is 3.82. The van der Waals surface area contributed by atoms with Crippen LogP contribution in [0.2, 0.25) is 0 Å². The van der Waals surface area contributed by atoms with Gasteiger partial charge in [0.05, 0.1) is 0 Å². The Bertz CT molecular complexity index is 811. The van der Waals surface area contributed by atoms with Gasteiger partial charge in [-0.2, -0.15) is 0 Å². The first-order valence-electron chi connectivity index (χ1n) is 10.1. The molecule has 1 fully saturated rings. The first-order chi connectivity index (χ1) is 13.6. The highest BCUT2D eigenvalue weighted by molar-refractivity contribution is 6.09. The monoisotopic (exact) mass is 379 g/mol. The van der Waals surface area contributed by atoms with E-state index in [4.69, 9.17) is 0 Å². The molecule has 1 aliphatic heterocycles. The van der Waals surface area contributed by atoms with Crippen molar-refractivity contribution in [3.05, 3.63) is 54.1 Å². The molecule has 3 rings (SSSR count). The summed E-state index contributed by atoms with van der Waals surface area (Å²) >= 11 is 0. The molecular weight excluding hydrogens is 350 g/mol. The van der Waals surface area contributed by atoms with E-state index in [1.165, 1.54) is 24.9 Å².